The van der Waals surface area contributed by atoms with Crippen LogP contribution in [-0.2, 0) is 0 Å². The summed E-state index contributed by atoms with van der Waals surface area (Å²) >= 11 is 2.89. The molecule has 0 unspecified atom stereocenters. The number of carbonyl (C=O) groups excluding carboxylic acids is 2. The summed E-state index contributed by atoms with van der Waals surface area (Å²) in [4.78, 5) is 31.4. The molecule has 2 heterocycles. The molecule has 0 bridgehead atoms. The Morgan fingerprint density at radius 1 is 1.03 bits per heavy atom. The Bertz CT molecular complexity index is 1290. The molecule has 2 aromatic carbocycles. The molecule has 0 atom stereocenters. The molecular weight excluding hydrogens is 449 g/mol. The average molecular weight is 468 g/mol. The van der Waals surface area contributed by atoms with Crippen LogP contribution in [0.15, 0.2) is 60.0 Å². The quantitative estimate of drug-likeness (QED) is 0.374. The zero-order chi connectivity index (χ0) is 22.7. The van der Waals surface area contributed by atoms with Crippen LogP contribution in [0.4, 0.5) is 15.8 Å². The zero-order valence-corrected chi connectivity index (χ0v) is 18.8. The highest BCUT2D eigenvalue weighted by Crippen LogP contribution is 2.32. The number of aromatic nitrogens is 1. The van der Waals surface area contributed by atoms with Crippen LogP contribution in [0.1, 0.15) is 25.7 Å². The summed E-state index contributed by atoms with van der Waals surface area (Å²) in [6, 6.07) is 14.2. The highest BCUT2D eigenvalue weighted by atomic mass is 32.1. The summed E-state index contributed by atoms with van der Waals surface area (Å²) in [5.41, 5.74) is 1.63. The number of ether oxygens (including phenoxy) is 1. The van der Waals surface area contributed by atoms with Crippen molar-refractivity contribution < 1.29 is 18.7 Å². The molecule has 0 aliphatic heterocycles. The molecule has 9 heteroatoms. The molecule has 0 radical (unpaired) electrons. The lowest BCUT2D eigenvalue weighted by molar-refractivity contribution is 0.102. The minimum atomic E-state index is -0.507. The van der Waals surface area contributed by atoms with Crippen LogP contribution in [0, 0.1) is 12.7 Å². The van der Waals surface area contributed by atoms with E-state index in [1.807, 2.05) is 17.5 Å². The largest absolute Gasteiger partial charge is 0.495 e. The second-order valence-corrected chi connectivity index (χ2v) is 8.69. The van der Waals surface area contributed by atoms with Crippen molar-refractivity contribution in [1.82, 2.24) is 4.98 Å². The van der Waals surface area contributed by atoms with Crippen molar-refractivity contribution in [2.75, 3.05) is 17.7 Å². The monoisotopic (exact) mass is 467 g/mol. The lowest BCUT2D eigenvalue weighted by Gasteiger charge is -2.13. The number of amides is 2. The minimum absolute atomic E-state index is 0.169. The first-order chi connectivity index (χ1) is 15.4. The average Bonchev–Trinajstić information content (AvgIpc) is 3.44. The van der Waals surface area contributed by atoms with E-state index in [9.17, 15) is 14.0 Å². The lowest BCUT2D eigenvalue weighted by atomic mass is 10.2. The number of nitrogens with one attached hydrogen (secondary N) is 2. The second kappa shape index (κ2) is 9.29. The number of thiazole rings is 1. The topological polar surface area (TPSA) is 80.3 Å². The molecule has 0 fully saturated rings. The number of thiophene rings is 1. The molecule has 6 nitrogen and oxygen atoms in total. The fourth-order valence-electron chi connectivity index (χ4n) is 3.01. The molecule has 2 N–H and O–H groups in total. The number of carbonyl (C=O) groups is 2. The summed E-state index contributed by atoms with van der Waals surface area (Å²) in [5.74, 6) is -0.894. The molecule has 0 saturated carbocycles. The maximum Gasteiger partial charge on any atom is 0.267 e. The molecule has 0 saturated heterocycles. The van der Waals surface area contributed by atoms with Crippen molar-refractivity contribution in [1.29, 1.82) is 0 Å². The first-order valence-corrected chi connectivity index (χ1v) is 11.2. The fourth-order valence-corrected chi connectivity index (χ4v) is 4.77. The normalized spacial score (nSPS) is 10.6. The lowest BCUT2D eigenvalue weighted by Crippen LogP contribution is -2.14. The SMILES string of the molecule is COc1ccc(NC(=O)c2sc(-c3cccs3)nc2C)cc1NC(=O)c1cccc(F)c1. The van der Waals surface area contributed by atoms with Gasteiger partial charge in [0.2, 0.25) is 0 Å². The first-order valence-electron chi connectivity index (χ1n) is 9.52. The molecule has 0 spiro atoms. The van der Waals surface area contributed by atoms with Crippen molar-refractivity contribution in [3.63, 3.8) is 0 Å². The summed E-state index contributed by atoms with van der Waals surface area (Å²) in [6.45, 7) is 1.79. The van der Waals surface area contributed by atoms with E-state index in [-0.39, 0.29) is 11.5 Å². The molecule has 2 amide bonds. The number of benzene rings is 2. The van der Waals surface area contributed by atoms with Crippen LogP contribution in [-0.4, -0.2) is 23.9 Å². The summed E-state index contributed by atoms with van der Waals surface area (Å²) in [6.07, 6.45) is 0. The van der Waals surface area contributed by atoms with Gasteiger partial charge in [0.15, 0.2) is 0 Å². The van der Waals surface area contributed by atoms with E-state index in [2.05, 4.69) is 15.6 Å². The van der Waals surface area contributed by atoms with Crippen molar-refractivity contribution >= 4 is 45.9 Å². The van der Waals surface area contributed by atoms with Gasteiger partial charge < -0.3 is 15.4 Å². The highest BCUT2D eigenvalue weighted by Gasteiger charge is 2.18. The number of halogens is 1. The maximum atomic E-state index is 13.4. The van der Waals surface area contributed by atoms with Gasteiger partial charge in [0.05, 0.1) is 23.4 Å². The van der Waals surface area contributed by atoms with E-state index in [0.717, 1.165) is 16.0 Å². The molecule has 32 heavy (non-hydrogen) atoms. The van der Waals surface area contributed by atoms with Crippen molar-refractivity contribution in [2.45, 2.75) is 6.92 Å². The Labute approximate surface area is 191 Å². The van der Waals surface area contributed by atoms with Gasteiger partial charge in [-0.3, -0.25) is 9.59 Å². The van der Waals surface area contributed by atoms with Gasteiger partial charge in [-0.15, -0.1) is 22.7 Å². The highest BCUT2D eigenvalue weighted by molar-refractivity contribution is 7.22. The Morgan fingerprint density at radius 3 is 2.59 bits per heavy atom. The van der Waals surface area contributed by atoms with Gasteiger partial charge >= 0.3 is 0 Å². The number of nitrogens with zero attached hydrogens (tertiary/aromatic N) is 1. The van der Waals surface area contributed by atoms with Crippen LogP contribution >= 0.6 is 22.7 Å². The van der Waals surface area contributed by atoms with Gasteiger partial charge in [-0.05, 0) is 54.8 Å². The smallest absolute Gasteiger partial charge is 0.267 e. The predicted octanol–water partition coefficient (Wildman–Crippen LogP) is 5.83. The number of hydrogen-bond acceptors (Lipinski definition) is 6. The van der Waals surface area contributed by atoms with Crippen molar-refractivity contribution in [2.24, 2.45) is 0 Å². The third-order valence-corrected chi connectivity index (χ3v) is 6.72. The van der Waals surface area contributed by atoms with Gasteiger partial charge in [0.1, 0.15) is 21.5 Å². The van der Waals surface area contributed by atoms with Crippen LogP contribution < -0.4 is 15.4 Å². The van der Waals surface area contributed by atoms with Crippen molar-refractivity contribution in [3.05, 3.63) is 81.9 Å². The molecule has 0 aliphatic rings. The van der Waals surface area contributed by atoms with Crippen LogP contribution in [0.3, 0.4) is 0 Å². The Hall–Kier alpha value is -3.56. The molecule has 4 aromatic rings. The van der Waals surface area contributed by atoms with Gasteiger partial charge in [-0.2, -0.15) is 0 Å². The first kappa shape index (κ1) is 21.7. The van der Waals surface area contributed by atoms with E-state index in [0.29, 0.717) is 27.7 Å². The van der Waals surface area contributed by atoms with Crippen LogP contribution in [0.2, 0.25) is 0 Å². The van der Waals surface area contributed by atoms with E-state index >= 15 is 0 Å². The number of methoxy groups -OCH3 is 1. The summed E-state index contributed by atoms with van der Waals surface area (Å²) in [7, 11) is 1.47. The van der Waals surface area contributed by atoms with Crippen molar-refractivity contribution in [3.8, 4) is 15.6 Å². The van der Waals surface area contributed by atoms with Gasteiger partial charge in [-0.25, -0.2) is 9.37 Å². The predicted molar refractivity (Wildman–Crippen MR) is 125 cm³/mol. The molecule has 162 valence electrons. The fraction of sp³-hybridized carbons (Fsp3) is 0.0870. The van der Waals surface area contributed by atoms with E-state index in [1.165, 1.54) is 36.6 Å². The molecule has 4 rings (SSSR count). The summed E-state index contributed by atoms with van der Waals surface area (Å²) in [5, 5.41) is 8.29. The third kappa shape index (κ3) is 4.68. The maximum absolute atomic E-state index is 13.4. The molecule has 2 aromatic heterocycles. The Morgan fingerprint density at radius 2 is 1.88 bits per heavy atom. The number of hydrogen-bond donors (Lipinski definition) is 2. The zero-order valence-electron chi connectivity index (χ0n) is 17.1. The van der Waals surface area contributed by atoms with Gasteiger partial charge in [-0.1, -0.05) is 12.1 Å². The van der Waals surface area contributed by atoms with Gasteiger partial charge in [0.25, 0.3) is 11.8 Å². The van der Waals surface area contributed by atoms with E-state index < -0.39 is 11.7 Å². The van der Waals surface area contributed by atoms with Crippen LogP contribution in [0.25, 0.3) is 9.88 Å². The van der Waals surface area contributed by atoms with Crippen LogP contribution in [0.5, 0.6) is 5.75 Å². The number of aryl methyl sites for hydroxylation is 1. The Kier molecular flexibility index (Phi) is 6.29. The summed E-state index contributed by atoms with van der Waals surface area (Å²) < 4.78 is 18.8. The minimum Gasteiger partial charge on any atom is -0.495 e. The number of anilines is 2. The second-order valence-electron chi connectivity index (χ2n) is 6.74. The Balaban J connectivity index is 1.55. The van der Waals surface area contributed by atoms with E-state index in [1.54, 1.807) is 36.5 Å². The standard InChI is InChI=1S/C23H18FN3O3S2/c1-13-20(32-23(25-13)19-7-4-10-31-19)22(29)26-16-8-9-18(30-2)17(12-16)27-21(28)14-5-3-6-15(24)11-14/h3-12H,1-2H3,(H,26,29)(H,27,28). The molecule has 0 aliphatic carbocycles. The van der Waals surface area contributed by atoms with E-state index in [4.69, 9.17) is 4.74 Å². The number of rotatable bonds is 6. The van der Waals surface area contributed by atoms with Gasteiger partial charge in [0, 0.05) is 11.3 Å². The third-order valence-electron chi connectivity index (χ3n) is 4.53. The molecular formula is C23H18FN3O3S2.